The van der Waals surface area contributed by atoms with Gasteiger partial charge in [0, 0.05) is 5.56 Å². The van der Waals surface area contributed by atoms with Crippen molar-refractivity contribution in [2.75, 3.05) is 0 Å². The van der Waals surface area contributed by atoms with Crippen LogP contribution in [0.1, 0.15) is 17.2 Å². The van der Waals surface area contributed by atoms with E-state index in [1.54, 1.807) is 6.92 Å². The Balaban J connectivity index is 0.00000196. The topological polar surface area (TPSA) is 46.2 Å². The van der Waals surface area contributed by atoms with Crippen LogP contribution in [0.15, 0.2) is 18.2 Å². The molecule has 0 aliphatic rings. The summed E-state index contributed by atoms with van der Waals surface area (Å²) in [6.45, 7) is 1.67. The Hall–Kier alpha value is -0.940. The van der Waals surface area contributed by atoms with Gasteiger partial charge < -0.3 is 10.8 Å². The number of benzene rings is 1. The molecule has 0 aliphatic carbocycles. The standard InChI is InChI=1S/C9H10F3NO.ClH/c1-5-2-3-6(7(14)4-5)8(13)9(10,11)12;/h2-4,8,14H,13H2,1H3;1H/t8-;/m0./s1. The lowest BCUT2D eigenvalue weighted by Gasteiger charge is -2.17. The summed E-state index contributed by atoms with van der Waals surface area (Å²) in [6.07, 6.45) is -4.53. The van der Waals surface area contributed by atoms with Gasteiger partial charge in [0.25, 0.3) is 0 Å². The van der Waals surface area contributed by atoms with Crippen LogP contribution in [0.25, 0.3) is 0 Å². The Morgan fingerprint density at radius 1 is 1.33 bits per heavy atom. The first-order chi connectivity index (χ1) is 6.32. The minimum Gasteiger partial charge on any atom is -0.508 e. The van der Waals surface area contributed by atoms with Gasteiger partial charge in [-0.2, -0.15) is 13.2 Å². The third kappa shape index (κ3) is 3.28. The lowest BCUT2D eigenvalue weighted by Crippen LogP contribution is -2.28. The molecule has 15 heavy (non-hydrogen) atoms. The molecule has 0 saturated heterocycles. The van der Waals surface area contributed by atoms with E-state index in [0.717, 1.165) is 0 Å². The molecule has 86 valence electrons. The molecular formula is C9H11ClF3NO. The van der Waals surface area contributed by atoms with Crippen molar-refractivity contribution in [2.24, 2.45) is 5.73 Å². The molecule has 0 fully saturated rings. The Bertz CT molecular complexity index is 341. The van der Waals surface area contributed by atoms with Gasteiger partial charge in [0.05, 0.1) is 0 Å². The van der Waals surface area contributed by atoms with E-state index in [1.807, 2.05) is 0 Å². The fourth-order valence-corrected chi connectivity index (χ4v) is 1.09. The van der Waals surface area contributed by atoms with Gasteiger partial charge in [0.15, 0.2) is 0 Å². The minimum absolute atomic E-state index is 0. The molecule has 1 rings (SSSR count). The number of nitrogens with two attached hydrogens (primary N) is 1. The van der Waals surface area contributed by atoms with Crippen LogP contribution >= 0.6 is 12.4 Å². The summed E-state index contributed by atoms with van der Waals surface area (Å²) in [7, 11) is 0. The van der Waals surface area contributed by atoms with Gasteiger partial charge in [-0.3, -0.25) is 0 Å². The van der Waals surface area contributed by atoms with Gasteiger partial charge in [-0.15, -0.1) is 12.4 Å². The molecule has 0 saturated carbocycles. The van der Waals surface area contributed by atoms with Crippen LogP contribution in [0.4, 0.5) is 13.2 Å². The van der Waals surface area contributed by atoms with E-state index in [9.17, 15) is 18.3 Å². The van der Waals surface area contributed by atoms with E-state index in [-0.39, 0.29) is 18.0 Å². The second kappa shape index (κ2) is 4.72. The number of aromatic hydroxyl groups is 1. The average molecular weight is 242 g/mol. The highest BCUT2D eigenvalue weighted by molar-refractivity contribution is 5.85. The molecule has 2 nitrogen and oxygen atoms in total. The van der Waals surface area contributed by atoms with Crippen molar-refractivity contribution >= 4 is 12.4 Å². The van der Waals surface area contributed by atoms with Gasteiger partial charge in [0.1, 0.15) is 11.8 Å². The monoisotopic (exact) mass is 241 g/mol. The maximum atomic E-state index is 12.2. The quantitative estimate of drug-likeness (QED) is 0.794. The summed E-state index contributed by atoms with van der Waals surface area (Å²) in [5, 5.41) is 9.25. The summed E-state index contributed by atoms with van der Waals surface area (Å²) in [4.78, 5) is 0. The van der Waals surface area contributed by atoms with Crippen molar-refractivity contribution in [1.29, 1.82) is 0 Å². The molecule has 0 amide bonds. The maximum absolute atomic E-state index is 12.2. The predicted molar refractivity (Wildman–Crippen MR) is 53.1 cm³/mol. The third-order valence-corrected chi connectivity index (χ3v) is 1.87. The van der Waals surface area contributed by atoms with Crippen molar-refractivity contribution in [3.05, 3.63) is 29.3 Å². The van der Waals surface area contributed by atoms with E-state index in [1.165, 1.54) is 18.2 Å². The van der Waals surface area contributed by atoms with Gasteiger partial charge >= 0.3 is 6.18 Å². The number of hydrogen-bond donors (Lipinski definition) is 2. The minimum atomic E-state index is -4.53. The molecule has 0 heterocycles. The average Bonchev–Trinajstić information content (AvgIpc) is 2.01. The normalized spacial score (nSPS) is 13.1. The van der Waals surface area contributed by atoms with Crippen molar-refractivity contribution in [1.82, 2.24) is 0 Å². The fraction of sp³-hybridized carbons (Fsp3) is 0.333. The Labute approximate surface area is 91.3 Å². The molecule has 1 aromatic carbocycles. The maximum Gasteiger partial charge on any atom is 0.407 e. The van der Waals surface area contributed by atoms with Crippen molar-refractivity contribution in [3.63, 3.8) is 0 Å². The lowest BCUT2D eigenvalue weighted by atomic mass is 10.0. The first-order valence-electron chi connectivity index (χ1n) is 3.94. The molecule has 3 N–H and O–H groups in total. The van der Waals surface area contributed by atoms with Crippen LogP contribution in [0, 0.1) is 6.92 Å². The number of alkyl halides is 3. The highest BCUT2D eigenvalue weighted by Gasteiger charge is 2.39. The van der Waals surface area contributed by atoms with Crippen LogP contribution in [0.2, 0.25) is 0 Å². The molecule has 0 aromatic heterocycles. The van der Waals surface area contributed by atoms with Crippen LogP contribution < -0.4 is 5.73 Å². The first-order valence-corrected chi connectivity index (χ1v) is 3.94. The molecule has 0 unspecified atom stereocenters. The molecule has 0 radical (unpaired) electrons. The Morgan fingerprint density at radius 3 is 2.27 bits per heavy atom. The highest BCUT2D eigenvalue weighted by Crippen LogP contribution is 2.34. The summed E-state index contributed by atoms with van der Waals surface area (Å²) >= 11 is 0. The van der Waals surface area contributed by atoms with Crippen LogP contribution in [0.3, 0.4) is 0 Å². The fourth-order valence-electron chi connectivity index (χ4n) is 1.09. The summed E-state index contributed by atoms with van der Waals surface area (Å²) < 4.78 is 36.5. The molecular weight excluding hydrogens is 231 g/mol. The number of aryl methyl sites for hydroxylation is 1. The second-order valence-corrected chi connectivity index (χ2v) is 3.08. The van der Waals surface area contributed by atoms with Crippen molar-refractivity contribution < 1.29 is 18.3 Å². The van der Waals surface area contributed by atoms with E-state index in [2.05, 4.69) is 0 Å². The van der Waals surface area contributed by atoms with Crippen LogP contribution in [0.5, 0.6) is 5.75 Å². The number of phenols is 1. The lowest BCUT2D eigenvalue weighted by molar-refractivity contribution is -0.149. The zero-order valence-corrected chi connectivity index (χ0v) is 8.69. The zero-order chi connectivity index (χ0) is 10.9. The Morgan fingerprint density at radius 2 is 1.87 bits per heavy atom. The third-order valence-electron chi connectivity index (χ3n) is 1.87. The number of rotatable bonds is 1. The van der Waals surface area contributed by atoms with Crippen LogP contribution in [-0.4, -0.2) is 11.3 Å². The number of hydrogen-bond acceptors (Lipinski definition) is 2. The smallest absolute Gasteiger partial charge is 0.407 e. The van der Waals surface area contributed by atoms with Crippen LogP contribution in [-0.2, 0) is 0 Å². The van der Waals surface area contributed by atoms with Gasteiger partial charge in [-0.25, -0.2) is 0 Å². The summed E-state index contributed by atoms with van der Waals surface area (Å²) in [6, 6.07) is 1.77. The Kier molecular flexibility index (Phi) is 4.42. The zero-order valence-electron chi connectivity index (χ0n) is 7.88. The first kappa shape index (κ1) is 14.1. The molecule has 0 bridgehead atoms. The van der Waals surface area contributed by atoms with Gasteiger partial charge in [0.2, 0.25) is 0 Å². The second-order valence-electron chi connectivity index (χ2n) is 3.08. The summed E-state index contributed by atoms with van der Waals surface area (Å²) in [5.74, 6) is -0.421. The SMILES string of the molecule is Cc1ccc([C@H](N)C(F)(F)F)c(O)c1.Cl. The highest BCUT2D eigenvalue weighted by atomic mass is 35.5. The molecule has 6 heteroatoms. The largest absolute Gasteiger partial charge is 0.508 e. The predicted octanol–water partition coefficient (Wildman–Crippen LogP) is 2.68. The van der Waals surface area contributed by atoms with E-state index < -0.39 is 18.0 Å². The van der Waals surface area contributed by atoms with Crippen molar-refractivity contribution in [2.45, 2.75) is 19.1 Å². The van der Waals surface area contributed by atoms with Gasteiger partial charge in [-0.05, 0) is 18.6 Å². The number of halogens is 4. The summed E-state index contributed by atoms with van der Waals surface area (Å²) in [5.41, 5.74) is 5.32. The molecule has 0 aliphatic heterocycles. The van der Waals surface area contributed by atoms with E-state index in [0.29, 0.717) is 5.56 Å². The van der Waals surface area contributed by atoms with Gasteiger partial charge in [-0.1, -0.05) is 12.1 Å². The number of phenolic OH excluding ortho intramolecular Hbond substituents is 1. The molecule has 1 atom stereocenters. The van der Waals surface area contributed by atoms with E-state index >= 15 is 0 Å². The van der Waals surface area contributed by atoms with Crippen molar-refractivity contribution in [3.8, 4) is 5.75 Å². The molecule has 0 spiro atoms. The van der Waals surface area contributed by atoms with E-state index in [4.69, 9.17) is 5.73 Å². The molecule has 1 aromatic rings.